The van der Waals surface area contributed by atoms with Crippen molar-refractivity contribution in [1.82, 2.24) is 20.4 Å². The molecule has 3 unspecified atom stereocenters. The maximum atomic E-state index is 14.3. The van der Waals surface area contributed by atoms with Gasteiger partial charge >= 0.3 is 12.1 Å². The molecule has 0 radical (unpaired) electrons. The van der Waals surface area contributed by atoms with Crippen molar-refractivity contribution in [2.45, 2.75) is 175 Å². The number of sulfone groups is 1. The first-order chi connectivity index (χ1) is 35.0. The summed E-state index contributed by atoms with van der Waals surface area (Å²) in [6.45, 7) is 3.86. The molecule has 4 amide bonds. The van der Waals surface area contributed by atoms with Gasteiger partial charge in [0, 0.05) is 48.7 Å². The molecule has 0 aromatic heterocycles. The number of amides is 4. The van der Waals surface area contributed by atoms with Gasteiger partial charge in [-0.25, -0.2) is 35.6 Å². The SMILES string of the molecule is CC(O)(CCC(C)(O)CNC(O)NC12CCC(c3ccc(NC(=O)N4Cc5cc(F)c(F)c(F)c5C4)cc3)(CC1)CC2)CCS(=O)(=O)C12CCC(c3ccc(NC(=O)N4Cc5ccc(F)cc5C4)cc3)(CC1)CC2. The maximum Gasteiger partial charge on any atom is 0.322 e. The van der Waals surface area contributed by atoms with E-state index in [0.717, 1.165) is 86.1 Å². The van der Waals surface area contributed by atoms with E-state index in [1.54, 1.807) is 24.8 Å². The number of hydrogen-bond donors (Lipinski definition) is 7. The predicted molar refractivity (Wildman–Crippen MR) is 272 cm³/mol. The molecule has 2 heterocycles. The fourth-order valence-electron chi connectivity index (χ4n) is 13.2. The lowest BCUT2D eigenvalue weighted by Crippen LogP contribution is -2.62. The van der Waals surface area contributed by atoms with Crippen molar-refractivity contribution >= 4 is 33.3 Å². The Balaban J connectivity index is 0.637. The molecule has 8 aliphatic rings. The van der Waals surface area contributed by atoms with Gasteiger partial charge < -0.3 is 35.8 Å². The van der Waals surface area contributed by atoms with E-state index in [9.17, 15) is 50.9 Å². The van der Waals surface area contributed by atoms with Crippen molar-refractivity contribution in [3.8, 4) is 0 Å². The minimum Gasteiger partial charge on any atom is -0.390 e. The van der Waals surface area contributed by atoms with Crippen LogP contribution < -0.4 is 21.3 Å². The molecule has 4 aromatic carbocycles. The molecule has 7 N–H and O–H groups in total. The van der Waals surface area contributed by atoms with Crippen LogP contribution in [0.25, 0.3) is 0 Å². The van der Waals surface area contributed by atoms with Crippen LogP contribution in [-0.2, 0) is 46.8 Å². The Bertz CT molecular complexity index is 2870. The van der Waals surface area contributed by atoms with E-state index in [1.165, 1.54) is 17.0 Å². The van der Waals surface area contributed by atoms with Crippen LogP contribution in [0.5, 0.6) is 0 Å². The molecule has 398 valence electrons. The number of carbonyl (C=O) groups excluding carboxylic acids is 2. The normalized spacial score (nSPS) is 27.0. The Kier molecular flexibility index (Phi) is 13.8. The number of nitrogens with zero attached hydrogens (tertiary/aromatic N) is 2. The first kappa shape index (κ1) is 52.3. The van der Waals surface area contributed by atoms with E-state index in [-0.39, 0.29) is 84.0 Å². The Morgan fingerprint density at radius 1 is 0.622 bits per heavy atom. The molecule has 0 spiro atoms. The first-order valence-electron chi connectivity index (χ1n) is 26.1. The molecule has 4 bridgehead atoms. The van der Waals surface area contributed by atoms with Gasteiger partial charge in [0.2, 0.25) is 0 Å². The van der Waals surface area contributed by atoms with Crippen LogP contribution in [0.1, 0.15) is 144 Å². The van der Waals surface area contributed by atoms with Crippen LogP contribution in [-0.4, -0.2) is 85.7 Å². The summed E-state index contributed by atoms with van der Waals surface area (Å²) in [6, 6.07) is 20.3. The lowest BCUT2D eigenvalue weighted by Gasteiger charge is -2.54. The standard InChI is InChI=1S/C56H68F4N6O7S/c1-51(70,27-28-74(72,73)56-24-18-54(19-25-56,20-26-56)40-6-11-42(12-7-40)62-49(68)65-31-36-3-8-41(57)29-37(36)32-65)13-14-52(2,71)35-61-48(67)64-55-21-15-53(16-22-55,17-23-55)39-4-9-43(10-5-39)63-50(69)66-33-38-30-45(58)47(60)46(59)44(38)34-66/h3-12,29-30,48,61,64,67,70-71H,13-28,31-35H2,1-2H3,(H,62,68)(H,63,69). The van der Waals surface area contributed by atoms with Crippen molar-refractivity contribution < 1.29 is 50.9 Å². The fraction of sp³-hybridized carbons (Fsp3) is 0.536. The number of fused-ring (bicyclic) bond motifs is 8. The van der Waals surface area contributed by atoms with Gasteiger partial charge in [0.1, 0.15) is 5.82 Å². The summed E-state index contributed by atoms with van der Waals surface area (Å²) in [5.74, 6) is -4.56. The average Bonchev–Trinajstić information content (AvgIpc) is 4.03. The van der Waals surface area contributed by atoms with Gasteiger partial charge in [-0.15, -0.1) is 0 Å². The second-order valence-corrected chi connectivity index (χ2v) is 25.8. The van der Waals surface area contributed by atoms with Crippen molar-refractivity contribution in [3.63, 3.8) is 0 Å². The summed E-state index contributed by atoms with van der Waals surface area (Å²) >= 11 is 0. The zero-order valence-electron chi connectivity index (χ0n) is 42.1. The van der Waals surface area contributed by atoms with Crippen LogP contribution in [0.2, 0.25) is 0 Å². The third-order valence-electron chi connectivity index (χ3n) is 18.3. The summed E-state index contributed by atoms with van der Waals surface area (Å²) in [6.07, 6.45) is 8.22. The van der Waals surface area contributed by atoms with Gasteiger partial charge in [0.15, 0.2) is 33.6 Å². The van der Waals surface area contributed by atoms with Gasteiger partial charge in [-0.2, -0.15) is 0 Å². The quantitative estimate of drug-likeness (QED) is 0.0327. The molecule has 18 heteroatoms. The highest BCUT2D eigenvalue weighted by molar-refractivity contribution is 7.92. The molecular weight excluding hydrogens is 977 g/mol. The Labute approximate surface area is 430 Å². The number of carbonyl (C=O) groups is 2. The van der Waals surface area contributed by atoms with E-state index in [0.29, 0.717) is 43.7 Å². The van der Waals surface area contributed by atoms with Crippen molar-refractivity contribution in [1.29, 1.82) is 0 Å². The monoisotopic (exact) mass is 1040 g/mol. The van der Waals surface area contributed by atoms with Crippen LogP contribution in [0, 0.1) is 23.3 Å². The number of aliphatic hydroxyl groups excluding tert-OH is 1. The van der Waals surface area contributed by atoms with Crippen LogP contribution >= 0.6 is 0 Å². The molecule has 4 aromatic rings. The summed E-state index contributed by atoms with van der Waals surface area (Å²) in [7, 11) is -3.57. The first-order valence-corrected chi connectivity index (χ1v) is 27.8. The molecule has 12 rings (SSSR count). The number of anilines is 2. The smallest absolute Gasteiger partial charge is 0.322 e. The summed E-state index contributed by atoms with van der Waals surface area (Å²) in [5.41, 5.74) is 2.31. The van der Waals surface area contributed by atoms with E-state index in [2.05, 4.69) is 21.3 Å². The largest absolute Gasteiger partial charge is 0.390 e. The number of benzene rings is 4. The molecule has 0 saturated heterocycles. The molecular formula is C56H68F4N6O7S. The van der Waals surface area contributed by atoms with Crippen LogP contribution in [0.15, 0.2) is 72.8 Å². The number of aliphatic hydroxyl groups is 3. The topological polar surface area (TPSA) is 184 Å². The maximum absolute atomic E-state index is 14.3. The third kappa shape index (κ3) is 10.3. The Morgan fingerprint density at radius 3 is 1.69 bits per heavy atom. The van der Waals surface area contributed by atoms with Gasteiger partial charge in [-0.3, -0.25) is 10.6 Å². The molecule has 2 aliphatic heterocycles. The number of urea groups is 2. The highest BCUT2D eigenvalue weighted by Crippen LogP contribution is 2.57. The molecule has 3 atom stereocenters. The number of nitrogens with one attached hydrogen (secondary N) is 4. The molecule has 13 nitrogen and oxygen atoms in total. The van der Waals surface area contributed by atoms with Gasteiger partial charge in [0.05, 0.1) is 28.2 Å². The second kappa shape index (κ2) is 19.5. The van der Waals surface area contributed by atoms with E-state index in [4.69, 9.17) is 0 Å². The molecule has 74 heavy (non-hydrogen) atoms. The molecule has 6 aliphatic carbocycles. The van der Waals surface area contributed by atoms with Crippen molar-refractivity contribution in [3.05, 3.63) is 129 Å². The summed E-state index contributed by atoms with van der Waals surface area (Å²) in [4.78, 5) is 29.0. The van der Waals surface area contributed by atoms with Crippen LogP contribution in [0.4, 0.5) is 38.5 Å². The summed E-state index contributed by atoms with van der Waals surface area (Å²) in [5, 5.41) is 46.1. The van der Waals surface area contributed by atoms with E-state index in [1.807, 2.05) is 48.5 Å². The van der Waals surface area contributed by atoms with Gasteiger partial charge in [-0.1, -0.05) is 30.3 Å². The zero-order valence-corrected chi connectivity index (χ0v) is 43.0. The minimum absolute atomic E-state index is 0.0221. The average molecular weight is 1050 g/mol. The lowest BCUT2D eigenvalue weighted by atomic mass is 9.55. The Hall–Kier alpha value is -5.11. The Morgan fingerprint density at radius 2 is 1.12 bits per heavy atom. The van der Waals surface area contributed by atoms with Crippen molar-refractivity contribution in [2.24, 2.45) is 0 Å². The lowest BCUT2D eigenvalue weighted by molar-refractivity contribution is -0.0292. The highest BCUT2D eigenvalue weighted by Gasteiger charge is 2.56. The predicted octanol–water partition coefficient (Wildman–Crippen LogP) is 9.27. The van der Waals surface area contributed by atoms with Crippen molar-refractivity contribution in [2.75, 3.05) is 22.9 Å². The van der Waals surface area contributed by atoms with E-state index < -0.39 is 55.6 Å². The molecule has 6 fully saturated rings. The third-order valence-corrected chi connectivity index (χ3v) is 21.0. The fourth-order valence-corrected chi connectivity index (χ4v) is 15.6. The van der Waals surface area contributed by atoms with Gasteiger partial charge in [0.25, 0.3) is 0 Å². The zero-order chi connectivity index (χ0) is 52.5. The number of hydrogen-bond acceptors (Lipinski definition) is 9. The van der Waals surface area contributed by atoms with E-state index >= 15 is 0 Å². The van der Waals surface area contributed by atoms with Crippen LogP contribution in [0.3, 0.4) is 0 Å². The number of halogens is 4. The highest BCUT2D eigenvalue weighted by atomic mass is 32.2. The second-order valence-electron chi connectivity index (χ2n) is 23.3. The molecule has 6 saturated carbocycles. The number of rotatable bonds is 16. The summed E-state index contributed by atoms with van der Waals surface area (Å²) < 4.78 is 82.9. The minimum atomic E-state index is -3.57. The van der Waals surface area contributed by atoms with Gasteiger partial charge in [-0.05, 0) is 191 Å².